The van der Waals surface area contributed by atoms with E-state index < -0.39 is 12.2 Å². The van der Waals surface area contributed by atoms with Gasteiger partial charge in [-0.15, -0.1) is 0 Å². The molecule has 0 heterocycles. The van der Waals surface area contributed by atoms with Crippen LogP contribution in [0.3, 0.4) is 0 Å². The predicted molar refractivity (Wildman–Crippen MR) is 68.4 cm³/mol. The SMILES string of the molecule is CC(O)c1cc(Cl)ccc1OCC(O)C(C)C. The van der Waals surface area contributed by atoms with Crippen molar-refractivity contribution in [2.24, 2.45) is 5.92 Å². The minimum atomic E-state index is -0.653. The maximum absolute atomic E-state index is 9.66. The normalized spacial score (nSPS) is 14.8. The molecule has 96 valence electrons. The van der Waals surface area contributed by atoms with Crippen LogP contribution in [0.2, 0.25) is 5.02 Å². The maximum Gasteiger partial charge on any atom is 0.125 e. The Morgan fingerprint density at radius 3 is 2.41 bits per heavy atom. The van der Waals surface area contributed by atoms with Crippen molar-refractivity contribution in [3.05, 3.63) is 28.8 Å². The Balaban J connectivity index is 2.77. The summed E-state index contributed by atoms with van der Waals surface area (Å²) in [7, 11) is 0. The Hall–Kier alpha value is -0.770. The zero-order valence-corrected chi connectivity index (χ0v) is 11.1. The number of hydrogen-bond donors (Lipinski definition) is 2. The van der Waals surface area contributed by atoms with E-state index >= 15 is 0 Å². The Kier molecular flexibility index (Phi) is 5.25. The lowest BCUT2D eigenvalue weighted by Gasteiger charge is -2.18. The minimum Gasteiger partial charge on any atom is -0.490 e. The highest BCUT2D eigenvalue weighted by Crippen LogP contribution is 2.28. The molecule has 0 spiro atoms. The number of benzene rings is 1. The first-order chi connectivity index (χ1) is 7.91. The van der Waals surface area contributed by atoms with Gasteiger partial charge in [-0.05, 0) is 31.0 Å². The zero-order valence-electron chi connectivity index (χ0n) is 10.4. The summed E-state index contributed by atoms with van der Waals surface area (Å²) >= 11 is 5.86. The number of aliphatic hydroxyl groups is 2. The Morgan fingerprint density at radius 2 is 1.88 bits per heavy atom. The predicted octanol–water partition coefficient (Wildman–Crippen LogP) is 2.79. The topological polar surface area (TPSA) is 49.7 Å². The molecule has 0 aliphatic carbocycles. The average molecular weight is 259 g/mol. The molecule has 1 rings (SSSR count). The van der Waals surface area contributed by atoms with E-state index in [1.807, 2.05) is 13.8 Å². The van der Waals surface area contributed by atoms with Crippen molar-refractivity contribution >= 4 is 11.6 Å². The Labute approximate surface area is 107 Å². The fraction of sp³-hybridized carbons (Fsp3) is 0.538. The van der Waals surface area contributed by atoms with Gasteiger partial charge in [-0.2, -0.15) is 0 Å². The van der Waals surface area contributed by atoms with Crippen LogP contribution in [0.4, 0.5) is 0 Å². The number of hydrogen-bond acceptors (Lipinski definition) is 3. The molecule has 1 aromatic rings. The first-order valence-electron chi connectivity index (χ1n) is 5.70. The summed E-state index contributed by atoms with van der Waals surface area (Å²) in [5.74, 6) is 0.696. The fourth-order valence-electron chi connectivity index (χ4n) is 1.34. The van der Waals surface area contributed by atoms with Crippen LogP contribution in [0.1, 0.15) is 32.4 Å². The largest absolute Gasteiger partial charge is 0.490 e. The van der Waals surface area contributed by atoms with Crippen LogP contribution >= 0.6 is 11.6 Å². The van der Waals surface area contributed by atoms with E-state index in [2.05, 4.69) is 0 Å². The van der Waals surface area contributed by atoms with E-state index in [0.29, 0.717) is 16.3 Å². The molecule has 1 aromatic carbocycles. The second kappa shape index (κ2) is 6.24. The van der Waals surface area contributed by atoms with Crippen LogP contribution in [0.15, 0.2) is 18.2 Å². The molecule has 0 saturated heterocycles. The van der Waals surface area contributed by atoms with Crippen molar-refractivity contribution in [1.82, 2.24) is 0 Å². The molecule has 0 saturated carbocycles. The number of rotatable bonds is 5. The summed E-state index contributed by atoms with van der Waals surface area (Å²) in [6.45, 7) is 5.70. The zero-order chi connectivity index (χ0) is 13.0. The molecule has 0 aliphatic heterocycles. The molecule has 2 unspecified atom stereocenters. The lowest BCUT2D eigenvalue weighted by atomic mass is 10.1. The summed E-state index contributed by atoms with van der Waals surface area (Å²) in [6, 6.07) is 5.07. The molecule has 0 aromatic heterocycles. The molecule has 0 amide bonds. The van der Waals surface area contributed by atoms with Gasteiger partial charge in [-0.3, -0.25) is 0 Å². The van der Waals surface area contributed by atoms with Gasteiger partial charge in [0.1, 0.15) is 12.4 Å². The van der Waals surface area contributed by atoms with Crippen molar-refractivity contribution in [2.75, 3.05) is 6.61 Å². The third-order valence-corrected chi connectivity index (χ3v) is 2.84. The highest BCUT2D eigenvalue weighted by Gasteiger charge is 2.14. The average Bonchev–Trinajstić information content (AvgIpc) is 2.26. The molecular weight excluding hydrogens is 240 g/mol. The molecule has 3 nitrogen and oxygen atoms in total. The molecule has 17 heavy (non-hydrogen) atoms. The smallest absolute Gasteiger partial charge is 0.125 e. The summed E-state index contributed by atoms with van der Waals surface area (Å²) in [6.07, 6.45) is -1.17. The number of aliphatic hydroxyl groups excluding tert-OH is 2. The molecular formula is C13H19ClO3. The van der Waals surface area contributed by atoms with Crippen LogP contribution in [0.25, 0.3) is 0 Å². The van der Waals surface area contributed by atoms with Gasteiger partial charge in [-0.1, -0.05) is 25.4 Å². The van der Waals surface area contributed by atoms with Crippen molar-refractivity contribution < 1.29 is 14.9 Å². The van der Waals surface area contributed by atoms with Gasteiger partial charge in [0.05, 0.1) is 12.2 Å². The standard InChI is InChI=1S/C13H19ClO3/c1-8(2)12(16)7-17-13-5-4-10(14)6-11(13)9(3)15/h4-6,8-9,12,15-16H,7H2,1-3H3. The Bertz CT molecular complexity index is 364. The second-order valence-electron chi connectivity index (χ2n) is 4.48. The van der Waals surface area contributed by atoms with Crippen LogP contribution in [-0.2, 0) is 0 Å². The van der Waals surface area contributed by atoms with Crippen molar-refractivity contribution in [3.8, 4) is 5.75 Å². The monoisotopic (exact) mass is 258 g/mol. The van der Waals surface area contributed by atoms with E-state index in [-0.39, 0.29) is 12.5 Å². The molecule has 2 N–H and O–H groups in total. The van der Waals surface area contributed by atoms with E-state index in [1.165, 1.54) is 0 Å². The fourth-order valence-corrected chi connectivity index (χ4v) is 1.53. The first-order valence-corrected chi connectivity index (χ1v) is 6.08. The van der Waals surface area contributed by atoms with Gasteiger partial charge in [-0.25, -0.2) is 0 Å². The summed E-state index contributed by atoms with van der Waals surface area (Å²) < 4.78 is 5.51. The third-order valence-electron chi connectivity index (χ3n) is 2.60. The van der Waals surface area contributed by atoms with Gasteiger partial charge in [0, 0.05) is 10.6 Å². The quantitative estimate of drug-likeness (QED) is 0.854. The van der Waals surface area contributed by atoms with Crippen LogP contribution in [0, 0.1) is 5.92 Å². The van der Waals surface area contributed by atoms with Gasteiger partial charge in [0.25, 0.3) is 0 Å². The molecule has 0 radical (unpaired) electrons. The summed E-state index contributed by atoms with van der Waals surface area (Å²) in [5.41, 5.74) is 0.633. The van der Waals surface area contributed by atoms with Crippen LogP contribution < -0.4 is 4.74 Å². The highest BCUT2D eigenvalue weighted by molar-refractivity contribution is 6.30. The first kappa shape index (κ1) is 14.3. The van der Waals surface area contributed by atoms with Crippen LogP contribution in [0.5, 0.6) is 5.75 Å². The van der Waals surface area contributed by atoms with Crippen molar-refractivity contribution in [2.45, 2.75) is 33.0 Å². The second-order valence-corrected chi connectivity index (χ2v) is 4.92. The number of ether oxygens (including phenoxy) is 1. The van der Waals surface area contributed by atoms with Crippen molar-refractivity contribution in [1.29, 1.82) is 0 Å². The molecule has 2 atom stereocenters. The Morgan fingerprint density at radius 1 is 1.24 bits per heavy atom. The van der Waals surface area contributed by atoms with E-state index in [1.54, 1.807) is 25.1 Å². The lowest BCUT2D eigenvalue weighted by Crippen LogP contribution is -2.23. The molecule has 0 aliphatic rings. The van der Waals surface area contributed by atoms with E-state index in [0.717, 1.165) is 0 Å². The highest BCUT2D eigenvalue weighted by atomic mass is 35.5. The maximum atomic E-state index is 9.66. The van der Waals surface area contributed by atoms with Crippen LogP contribution in [-0.4, -0.2) is 22.9 Å². The third kappa shape index (κ3) is 4.19. The van der Waals surface area contributed by atoms with Gasteiger partial charge in [0.2, 0.25) is 0 Å². The lowest BCUT2D eigenvalue weighted by molar-refractivity contribution is 0.0682. The van der Waals surface area contributed by atoms with Gasteiger partial charge >= 0.3 is 0 Å². The van der Waals surface area contributed by atoms with Gasteiger partial charge in [0.15, 0.2) is 0 Å². The minimum absolute atomic E-state index is 0.136. The summed E-state index contributed by atoms with van der Waals surface area (Å²) in [5, 5.41) is 19.8. The van der Waals surface area contributed by atoms with Gasteiger partial charge < -0.3 is 14.9 Å². The number of halogens is 1. The van der Waals surface area contributed by atoms with Crippen molar-refractivity contribution in [3.63, 3.8) is 0 Å². The molecule has 0 fully saturated rings. The molecule has 0 bridgehead atoms. The van der Waals surface area contributed by atoms with E-state index in [4.69, 9.17) is 16.3 Å². The molecule has 4 heteroatoms. The van der Waals surface area contributed by atoms with E-state index in [9.17, 15) is 10.2 Å². The summed E-state index contributed by atoms with van der Waals surface area (Å²) in [4.78, 5) is 0.